The summed E-state index contributed by atoms with van der Waals surface area (Å²) < 4.78 is 10.8. The van der Waals surface area contributed by atoms with Crippen LogP contribution in [0.1, 0.15) is 31.2 Å². The van der Waals surface area contributed by atoms with Gasteiger partial charge in [0.15, 0.2) is 11.5 Å². The van der Waals surface area contributed by atoms with Crippen LogP contribution in [0.15, 0.2) is 18.2 Å². The maximum Gasteiger partial charge on any atom is 0.306 e. The first-order chi connectivity index (χ1) is 9.74. The van der Waals surface area contributed by atoms with Crippen molar-refractivity contribution in [1.29, 1.82) is 0 Å². The molecule has 3 rings (SSSR count). The van der Waals surface area contributed by atoms with Crippen molar-refractivity contribution >= 4 is 5.97 Å². The van der Waals surface area contributed by atoms with Gasteiger partial charge in [0.25, 0.3) is 0 Å². The number of ether oxygens (including phenoxy) is 2. The zero-order chi connectivity index (χ0) is 13.9. The molecule has 1 saturated carbocycles. The van der Waals surface area contributed by atoms with Crippen molar-refractivity contribution in [3.05, 3.63) is 23.8 Å². The average Bonchev–Trinajstić information content (AvgIpc) is 2.94. The summed E-state index contributed by atoms with van der Waals surface area (Å²) in [5.41, 5.74) is 1.07. The number of nitrogens with one attached hydrogen (secondary N) is 1. The van der Waals surface area contributed by atoms with Gasteiger partial charge in [-0.25, -0.2) is 0 Å². The Morgan fingerprint density at radius 3 is 3.10 bits per heavy atom. The average molecular weight is 277 g/mol. The summed E-state index contributed by atoms with van der Waals surface area (Å²) >= 11 is 0. The van der Waals surface area contributed by atoms with Gasteiger partial charge in [0.1, 0.15) is 0 Å². The van der Waals surface area contributed by atoms with Crippen molar-refractivity contribution in [2.24, 2.45) is 5.92 Å². The van der Waals surface area contributed by atoms with E-state index in [4.69, 9.17) is 14.6 Å². The quantitative estimate of drug-likeness (QED) is 0.882. The van der Waals surface area contributed by atoms with Crippen LogP contribution in [0.25, 0.3) is 0 Å². The summed E-state index contributed by atoms with van der Waals surface area (Å²) in [6.45, 7) is 0.959. The van der Waals surface area contributed by atoms with Crippen molar-refractivity contribution in [3.63, 3.8) is 0 Å². The lowest BCUT2D eigenvalue weighted by molar-refractivity contribution is -0.143. The monoisotopic (exact) mass is 277 g/mol. The van der Waals surface area contributed by atoms with Crippen molar-refractivity contribution < 1.29 is 19.4 Å². The van der Waals surface area contributed by atoms with Gasteiger partial charge in [-0.3, -0.25) is 4.79 Å². The number of benzene rings is 1. The predicted molar refractivity (Wildman–Crippen MR) is 72.8 cm³/mol. The molecule has 2 unspecified atom stereocenters. The Morgan fingerprint density at radius 2 is 2.25 bits per heavy atom. The molecule has 1 aromatic carbocycles. The Bertz CT molecular complexity index is 503. The van der Waals surface area contributed by atoms with E-state index in [1.54, 1.807) is 0 Å². The van der Waals surface area contributed by atoms with Gasteiger partial charge in [-0.15, -0.1) is 0 Å². The molecular formula is C15H19NO4. The lowest BCUT2D eigenvalue weighted by atomic mass is 9.86. The van der Waals surface area contributed by atoms with Gasteiger partial charge in [0, 0.05) is 18.2 Å². The van der Waals surface area contributed by atoms with Gasteiger partial charge < -0.3 is 19.9 Å². The second kappa shape index (κ2) is 5.71. The smallest absolute Gasteiger partial charge is 0.306 e. The van der Waals surface area contributed by atoms with E-state index >= 15 is 0 Å². The highest BCUT2D eigenvalue weighted by Gasteiger charge is 2.27. The van der Waals surface area contributed by atoms with Gasteiger partial charge in [-0.05, 0) is 25.3 Å². The SMILES string of the molecule is O=C(O)C1CCCC(NCc2cccc3c2OCO3)C1. The van der Waals surface area contributed by atoms with Crippen molar-refractivity contribution in [1.82, 2.24) is 5.32 Å². The molecule has 5 heteroatoms. The number of rotatable bonds is 4. The van der Waals surface area contributed by atoms with E-state index < -0.39 is 5.97 Å². The molecule has 0 amide bonds. The van der Waals surface area contributed by atoms with Crippen molar-refractivity contribution in [3.8, 4) is 11.5 Å². The fraction of sp³-hybridized carbons (Fsp3) is 0.533. The Hall–Kier alpha value is -1.75. The van der Waals surface area contributed by atoms with Gasteiger partial charge in [0.2, 0.25) is 6.79 Å². The normalized spacial score (nSPS) is 24.6. The molecule has 1 heterocycles. The highest BCUT2D eigenvalue weighted by molar-refractivity contribution is 5.70. The molecule has 108 valence electrons. The number of carboxylic acid groups (broad SMARTS) is 1. The molecule has 0 bridgehead atoms. The topological polar surface area (TPSA) is 67.8 Å². The first-order valence-corrected chi connectivity index (χ1v) is 7.07. The van der Waals surface area contributed by atoms with Gasteiger partial charge in [-0.1, -0.05) is 18.6 Å². The molecule has 0 aromatic heterocycles. The first-order valence-electron chi connectivity index (χ1n) is 7.07. The van der Waals surface area contributed by atoms with Crippen molar-refractivity contribution in [2.75, 3.05) is 6.79 Å². The van der Waals surface area contributed by atoms with Gasteiger partial charge >= 0.3 is 5.97 Å². The number of hydrogen-bond acceptors (Lipinski definition) is 4. The van der Waals surface area contributed by atoms with E-state index in [0.717, 1.165) is 36.3 Å². The number of hydrogen-bond donors (Lipinski definition) is 2. The first kappa shape index (κ1) is 13.2. The van der Waals surface area contributed by atoms with E-state index in [1.165, 1.54) is 0 Å². The summed E-state index contributed by atoms with van der Waals surface area (Å²) in [6.07, 6.45) is 3.52. The van der Waals surface area contributed by atoms with Gasteiger partial charge in [0.05, 0.1) is 5.92 Å². The van der Waals surface area contributed by atoms with Crippen molar-refractivity contribution in [2.45, 2.75) is 38.3 Å². The summed E-state index contributed by atoms with van der Waals surface area (Å²) in [6, 6.07) is 6.12. The minimum atomic E-state index is -0.672. The van der Waals surface area contributed by atoms with Crippen LogP contribution >= 0.6 is 0 Å². The number of aliphatic carboxylic acids is 1. The lowest BCUT2D eigenvalue weighted by Gasteiger charge is -2.27. The molecule has 20 heavy (non-hydrogen) atoms. The van der Waals surface area contributed by atoms with E-state index in [0.29, 0.717) is 13.0 Å². The Labute approximate surface area is 117 Å². The van der Waals surface area contributed by atoms with Crippen LogP contribution in [0.4, 0.5) is 0 Å². The van der Waals surface area contributed by atoms with Crippen LogP contribution in [0, 0.1) is 5.92 Å². The number of carbonyl (C=O) groups is 1. The minimum Gasteiger partial charge on any atom is -0.481 e. The molecule has 1 fully saturated rings. The zero-order valence-electron chi connectivity index (χ0n) is 11.3. The fourth-order valence-electron chi connectivity index (χ4n) is 2.98. The highest BCUT2D eigenvalue weighted by atomic mass is 16.7. The largest absolute Gasteiger partial charge is 0.481 e. The molecule has 0 saturated heterocycles. The molecule has 5 nitrogen and oxygen atoms in total. The van der Waals surface area contributed by atoms with E-state index in [9.17, 15) is 4.79 Å². The standard InChI is InChI=1S/C15H19NO4/c17-15(18)10-3-1-5-12(7-10)16-8-11-4-2-6-13-14(11)20-9-19-13/h2,4,6,10,12,16H,1,3,5,7-9H2,(H,17,18). The third kappa shape index (κ3) is 2.72. The van der Waals surface area contributed by atoms with Gasteiger partial charge in [-0.2, -0.15) is 0 Å². The number of carboxylic acids is 1. The third-order valence-electron chi connectivity index (χ3n) is 4.08. The van der Waals surface area contributed by atoms with E-state index in [-0.39, 0.29) is 18.8 Å². The number of fused-ring (bicyclic) bond motifs is 1. The van der Waals surface area contributed by atoms with E-state index in [1.807, 2.05) is 18.2 Å². The lowest BCUT2D eigenvalue weighted by Crippen LogP contribution is -2.36. The second-order valence-electron chi connectivity index (χ2n) is 5.43. The zero-order valence-corrected chi connectivity index (χ0v) is 11.3. The molecule has 1 aromatic rings. The molecule has 2 N–H and O–H groups in total. The van der Waals surface area contributed by atoms with Crippen LogP contribution in [-0.2, 0) is 11.3 Å². The molecule has 2 atom stereocenters. The maximum atomic E-state index is 11.1. The summed E-state index contributed by atoms with van der Waals surface area (Å²) in [7, 11) is 0. The van der Waals surface area contributed by atoms with Crippen LogP contribution in [-0.4, -0.2) is 23.9 Å². The molecule has 0 spiro atoms. The number of para-hydroxylation sites is 1. The minimum absolute atomic E-state index is 0.206. The fourth-order valence-corrected chi connectivity index (χ4v) is 2.98. The van der Waals surface area contributed by atoms with Crippen LogP contribution in [0.3, 0.4) is 0 Å². The van der Waals surface area contributed by atoms with Crippen LogP contribution in [0.2, 0.25) is 0 Å². The third-order valence-corrected chi connectivity index (χ3v) is 4.08. The van der Waals surface area contributed by atoms with E-state index in [2.05, 4.69) is 5.32 Å². The maximum absolute atomic E-state index is 11.1. The highest BCUT2D eigenvalue weighted by Crippen LogP contribution is 2.35. The predicted octanol–water partition coefficient (Wildman–Crippen LogP) is 2.15. The summed E-state index contributed by atoms with van der Waals surface area (Å²) in [5, 5.41) is 12.6. The summed E-state index contributed by atoms with van der Waals surface area (Å²) in [4.78, 5) is 11.1. The Kier molecular flexibility index (Phi) is 3.78. The molecule has 1 aliphatic heterocycles. The second-order valence-corrected chi connectivity index (χ2v) is 5.43. The van der Waals surface area contributed by atoms with Crippen LogP contribution < -0.4 is 14.8 Å². The summed E-state index contributed by atoms with van der Waals surface area (Å²) in [5.74, 6) is 0.720. The Balaban J connectivity index is 1.60. The molecule has 0 radical (unpaired) electrons. The van der Waals surface area contributed by atoms with Crippen LogP contribution in [0.5, 0.6) is 11.5 Å². The molecule has 2 aliphatic rings. The Morgan fingerprint density at radius 1 is 1.35 bits per heavy atom. The molecule has 1 aliphatic carbocycles. The molecular weight excluding hydrogens is 258 g/mol.